The highest BCUT2D eigenvalue weighted by Gasteiger charge is 2.16. The molecule has 0 saturated heterocycles. The lowest BCUT2D eigenvalue weighted by Crippen LogP contribution is -2.22. The third-order valence-electron chi connectivity index (χ3n) is 2.64. The predicted octanol–water partition coefficient (Wildman–Crippen LogP) is 0.425. The smallest absolute Gasteiger partial charge is 0.269 e. The molecule has 2 aromatic rings. The quantitative estimate of drug-likeness (QED) is 0.840. The van der Waals surface area contributed by atoms with Crippen LogP contribution < -0.4 is 11.1 Å². The van der Waals surface area contributed by atoms with E-state index in [2.05, 4.69) is 31.4 Å². The summed E-state index contributed by atoms with van der Waals surface area (Å²) in [5, 5.41) is 10.6. The molecular formula is C11H13BrN6O2. The van der Waals surface area contributed by atoms with Gasteiger partial charge in [-0.3, -0.25) is 19.0 Å². The van der Waals surface area contributed by atoms with Crippen LogP contribution in [-0.2, 0) is 18.4 Å². The molecule has 8 nitrogen and oxygen atoms in total. The largest absolute Gasteiger partial charge is 0.364 e. The summed E-state index contributed by atoms with van der Waals surface area (Å²) in [6.45, 7) is 1.85. The number of anilines is 1. The lowest BCUT2D eigenvalue weighted by molar-refractivity contribution is -0.116. The number of primary amides is 1. The topological polar surface area (TPSA) is 108 Å². The van der Waals surface area contributed by atoms with Gasteiger partial charge in [0.15, 0.2) is 0 Å². The van der Waals surface area contributed by atoms with Gasteiger partial charge in [-0.25, -0.2) is 0 Å². The number of hydrogen-bond donors (Lipinski definition) is 2. The van der Waals surface area contributed by atoms with Gasteiger partial charge in [-0.15, -0.1) is 0 Å². The van der Waals surface area contributed by atoms with E-state index in [0.29, 0.717) is 0 Å². The summed E-state index contributed by atoms with van der Waals surface area (Å²) < 4.78 is 3.63. The monoisotopic (exact) mass is 340 g/mol. The van der Waals surface area contributed by atoms with Gasteiger partial charge in [-0.1, -0.05) is 0 Å². The van der Waals surface area contributed by atoms with E-state index in [1.165, 1.54) is 15.6 Å². The Morgan fingerprint density at radius 1 is 1.50 bits per heavy atom. The Morgan fingerprint density at radius 2 is 2.20 bits per heavy atom. The third kappa shape index (κ3) is 2.87. The van der Waals surface area contributed by atoms with Gasteiger partial charge in [-0.05, 0) is 22.9 Å². The van der Waals surface area contributed by atoms with Crippen molar-refractivity contribution in [2.24, 2.45) is 12.8 Å². The van der Waals surface area contributed by atoms with Gasteiger partial charge in [-0.2, -0.15) is 10.2 Å². The average molecular weight is 341 g/mol. The second kappa shape index (κ2) is 5.45. The van der Waals surface area contributed by atoms with Crippen LogP contribution in [0.2, 0.25) is 0 Å². The maximum absolute atomic E-state index is 11.9. The van der Waals surface area contributed by atoms with E-state index < -0.39 is 5.91 Å². The van der Waals surface area contributed by atoms with Crippen molar-refractivity contribution in [3.05, 3.63) is 28.3 Å². The van der Waals surface area contributed by atoms with E-state index >= 15 is 0 Å². The first kappa shape index (κ1) is 14.3. The number of rotatable bonds is 4. The highest BCUT2D eigenvalue weighted by atomic mass is 79.9. The molecule has 106 valence electrons. The molecular weight excluding hydrogens is 328 g/mol. The number of carbonyl (C=O) groups is 2. The van der Waals surface area contributed by atoms with E-state index in [1.807, 2.05) is 6.92 Å². The van der Waals surface area contributed by atoms with Crippen molar-refractivity contribution in [1.29, 1.82) is 0 Å². The molecule has 0 radical (unpaired) electrons. The number of nitrogens with zero attached hydrogens (tertiary/aromatic N) is 4. The number of carbonyl (C=O) groups excluding carboxylic acids is 2. The molecule has 9 heteroatoms. The van der Waals surface area contributed by atoms with E-state index in [0.717, 1.165) is 10.2 Å². The molecule has 0 fully saturated rings. The highest BCUT2D eigenvalue weighted by Crippen LogP contribution is 2.15. The average Bonchev–Trinajstić information content (AvgIpc) is 2.83. The molecule has 0 aliphatic heterocycles. The van der Waals surface area contributed by atoms with Crippen LogP contribution in [0.5, 0.6) is 0 Å². The summed E-state index contributed by atoms with van der Waals surface area (Å²) in [5.74, 6) is -0.978. The van der Waals surface area contributed by atoms with Crippen molar-refractivity contribution < 1.29 is 9.59 Å². The van der Waals surface area contributed by atoms with E-state index in [1.54, 1.807) is 13.2 Å². The molecule has 0 aromatic carbocycles. The zero-order valence-electron chi connectivity index (χ0n) is 10.9. The van der Waals surface area contributed by atoms with Crippen LogP contribution in [0.3, 0.4) is 0 Å². The fourth-order valence-corrected chi connectivity index (χ4v) is 2.05. The highest BCUT2D eigenvalue weighted by molar-refractivity contribution is 9.10. The van der Waals surface area contributed by atoms with Crippen molar-refractivity contribution in [3.8, 4) is 0 Å². The zero-order chi connectivity index (χ0) is 14.9. The summed E-state index contributed by atoms with van der Waals surface area (Å²) in [6, 6.07) is 0. The molecule has 0 atom stereocenters. The van der Waals surface area contributed by atoms with Gasteiger partial charge in [0, 0.05) is 13.2 Å². The standard InChI is InChI=1S/C11H13BrN6O2/c1-6-7(12)4-18(16-6)5-9(19)15-8-3-14-17(2)10(8)11(13)20/h3-4H,5H2,1-2H3,(H2,13,20)(H,15,19). The molecule has 2 aromatic heterocycles. The molecule has 0 bridgehead atoms. The Kier molecular flexibility index (Phi) is 3.89. The van der Waals surface area contributed by atoms with Crippen LogP contribution in [-0.4, -0.2) is 31.4 Å². The van der Waals surface area contributed by atoms with Gasteiger partial charge >= 0.3 is 0 Å². The van der Waals surface area contributed by atoms with Crippen molar-refractivity contribution in [2.45, 2.75) is 13.5 Å². The zero-order valence-corrected chi connectivity index (χ0v) is 12.5. The maximum atomic E-state index is 11.9. The minimum absolute atomic E-state index is 0.0273. The summed E-state index contributed by atoms with van der Waals surface area (Å²) in [7, 11) is 1.57. The summed E-state index contributed by atoms with van der Waals surface area (Å²) in [4.78, 5) is 23.2. The van der Waals surface area contributed by atoms with Gasteiger partial charge in [0.1, 0.15) is 12.2 Å². The lowest BCUT2D eigenvalue weighted by Gasteiger charge is -2.05. The summed E-state index contributed by atoms with van der Waals surface area (Å²) in [5.41, 5.74) is 6.46. The van der Waals surface area contributed by atoms with Crippen molar-refractivity contribution >= 4 is 33.4 Å². The first-order valence-corrected chi connectivity index (χ1v) is 6.49. The summed E-state index contributed by atoms with van der Waals surface area (Å²) in [6.07, 6.45) is 3.08. The molecule has 3 N–H and O–H groups in total. The number of aryl methyl sites for hydroxylation is 2. The minimum Gasteiger partial charge on any atom is -0.364 e. The minimum atomic E-state index is -0.655. The molecule has 2 heterocycles. The second-order valence-corrected chi connectivity index (χ2v) is 5.06. The van der Waals surface area contributed by atoms with Crippen molar-refractivity contribution in [2.75, 3.05) is 5.32 Å². The van der Waals surface area contributed by atoms with Crippen molar-refractivity contribution in [3.63, 3.8) is 0 Å². The Bertz CT molecular complexity index is 655. The third-order valence-corrected chi connectivity index (χ3v) is 3.42. The number of nitrogens with one attached hydrogen (secondary N) is 1. The fraction of sp³-hybridized carbons (Fsp3) is 0.273. The van der Waals surface area contributed by atoms with Crippen LogP contribution in [0.1, 0.15) is 16.2 Å². The molecule has 0 saturated carbocycles. The van der Waals surface area contributed by atoms with Gasteiger partial charge in [0.2, 0.25) is 5.91 Å². The van der Waals surface area contributed by atoms with Crippen LogP contribution in [0.25, 0.3) is 0 Å². The predicted molar refractivity (Wildman–Crippen MR) is 75.0 cm³/mol. The normalized spacial score (nSPS) is 10.6. The molecule has 2 rings (SSSR count). The van der Waals surface area contributed by atoms with Gasteiger partial charge in [0.25, 0.3) is 5.91 Å². The molecule has 0 aliphatic rings. The maximum Gasteiger partial charge on any atom is 0.269 e. The molecule has 20 heavy (non-hydrogen) atoms. The fourth-order valence-electron chi connectivity index (χ4n) is 1.73. The number of nitrogens with two attached hydrogens (primary N) is 1. The Balaban J connectivity index is 2.10. The van der Waals surface area contributed by atoms with Crippen molar-refractivity contribution in [1.82, 2.24) is 19.6 Å². The SMILES string of the molecule is Cc1nn(CC(=O)Nc2cnn(C)c2C(N)=O)cc1Br. The molecule has 0 spiro atoms. The van der Waals surface area contributed by atoms with Gasteiger partial charge in [0.05, 0.1) is 22.1 Å². The molecule has 0 unspecified atom stereocenters. The van der Waals surface area contributed by atoms with E-state index in [4.69, 9.17) is 5.73 Å². The summed E-state index contributed by atoms with van der Waals surface area (Å²) >= 11 is 3.32. The number of hydrogen-bond acceptors (Lipinski definition) is 4. The second-order valence-electron chi connectivity index (χ2n) is 4.20. The Hall–Kier alpha value is -2.16. The van der Waals surface area contributed by atoms with Gasteiger partial charge < -0.3 is 11.1 Å². The van der Waals surface area contributed by atoms with Crippen LogP contribution in [0.4, 0.5) is 5.69 Å². The van der Waals surface area contributed by atoms with E-state index in [-0.39, 0.29) is 23.8 Å². The Morgan fingerprint density at radius 3 is 2.75 bits per heavy atom. The van der Waals surface area contributed by atoms with Crippen LogP contribution in [0.15, 0.2) is 16.9 Å². The van der Waals surface area contributed by atoms with Crippen LogP contribution >= 0.6 is 15.9 Å². The molecule has 0 aliphatic carbocycles. The number of aromatic nitrogens is 4. The van der Waals surface area contributed by atoms with Crippen LogP contribution in [0, 0.1) is 6.92 Å². The number of halogens is 1. The first-order chi connectivity index (χ1) is 9.38. The van der Waals surface area contributed by atoms with E-state index in [9.17, 15) is 9.59 Å². The lowest BCUT2D eigenvalue weighted by atomic mass is 10.3. The number of amides is 2. The molecule has 2 amide bonds. The Labute approximate surface area is 123 Å². The first-order valence-electron chi connectivity index (χ1n) is 5.69.